The molecule has 0 heterocycles. The normalized spacial score (nSPS) is 18.6. The van der Waals surface area contributed by atoms with Crippen molar-refractivity contribution in [3.8, 4) is 0 Å². The molecule has 1 saturated carbocycles. The van der Waals surface area contributed by atoms with Gasteiger partial charge in [-0.05, 0) is 36.5 Å². The first-order valence-electron chi connectivity index (χ1n) is 4.67. The second kappa shape index (κ2) is 3.69. The number of aliphatic hydroxyl groups is 1. The molecular weight excluding hydrogens is 184 g/mol. The molecule has 1 aromatic carbocycles. The van der Waals surface area contributed by atoms with E-state index in [4.69, 9.17) is 11.6 Å². The van der Waals surface area contributed by atoms with Crippen LogP contribution < -0.4 is 0 Å². The van der Waals surface area contributed by atoms with Crippen LogP contribution in [0.2, 0.25) is 5.02 Å². The highest BCUT2D eigenvalue weighted by Gasteiger charge is 2.31. The molecule has 0 spiro atoms. The van der Waals surface area contributed by atoms with Crippen molar-refractivity contribution in [3.05, 3.63) is 34.9 Å². The average Bonchev–Trinajstić information content (AvgIpc) is 2.93. The Bertz CT molecular complexity index is 277. The van der Waals surface area contributed by atoms with Crippen LogP contribution in [0, 0.1) is 5.92 Å². The van der Waals surface area contributed by atoms with Crippen molar-refractivity contribution < 1.29 is 5.11 Å². The molecule has 1 fully saturated rings. The zero-order valence-electron chi connectivity index (χ0n) is 7.41. The summed E-state index contributed by atoms with van der Waals surface area (Å²) in [6.07, 6.45) is 2.52. The SMILES string of the molecule is OC[C@@H](c1ccc(Cl)cc1)C1CC1. The van der Waals surface area contributed by atoms with Gasteiger partial charge in [-0.3, -0.25) is 0 Å². The molecule has 1 aliphatic carbocycles. The van der Waals surface area contributed by atoms with Crippen LogP contribution in [0.4, 0.5) is 0 Å². The van der Waals surface area contributed by atoms with E-state index in [0.717, 1.165) is 5.02 Å². The topological polar surface area (TPSA) is 20.2 Å². The fourth-order valence-electron chi connectivity index (χ4n) is 1.74. The van der Waals surface area contributed by atoms with Gasteiger partial charge >= 0.3 is 0 Å². The third-order valence-electron chi connectivity index (χ3n) is 2.69. The van der Waals surface area contributed by atoms with Crippen LogP contribution >= 0.6 is 11.6 Å². The number of hydrogen-bond donors (Lipinski definition) is 1. The Morgan fingerprint density at radius 2 is 1.92 bits per heavy atom. The monoisotopic (exact) mass is 196 g/mol. The molecule has 70 valence electrons. The lowest BCUT2D eigenvalue weighted by Gasteiger charge is -2.12. The van der Waals surface area contributed by atoms with E-state index in [1.165, 1.54) is 18.4 Å². The zero-order valence-corrected chi connectivity index (χ0v) is 8.17. The van der Waals surface area contributed by atoms with Crippen molar-refractivity contribution in [1.82, 2.24) is 0 Å². The van der Waals surface area contributed by atoms with Crippen molar-refractivity contribution in [2.24, 2.45) is 5.92 Å². The molecule has 0 saturated heterocycles. The van der Waals surface area contributed by atoms with Gasteiger partial charge in [0.1, 0.15) is 0 Å². The lowest BCUT2D eigenvalue weighted by molar-refractivity contribution is 0.253. The van der Waals surface area contributed by atoms with Gasteiger partial charge in [-0.1, -0.05) is 23.7 Å². The summed E-state index contributed by atoms with van der Waals surface area (Å²) in [5.74, 6) is 1.03. The van der Waals surface area contributed by atoms with Gasteiger partial charge in [-0.25, -0.2) is 0 Å². The highest BCUT2D eigenvalue weighted by atomic mass is 35.5. The summed E-state index contributed by atoms with van der Waals surface area (Å²) in [6.45, 7) is 0.256. The Kier molecular flexibility index (Phi) is 2.56. The Morgan fingerprint density at radius 3 is 2.38 bits per heavy atom. The quantitative estimate of drug-likeness (QED) is 0.789. The molecule has 1 N–H and O–H groups in total. The molecule has 0 unspecified atom stereocenters. The molecule has 2 rings (SSSR count). The summed E-state index contributed by atoms with van der Waals surface area (Å²) in [5, 5.41) is 9.99. The summed E-state index contributed by atoms with van der Waals surface area (Å²) in [6, 6.07) is 7.81. The number of rotatable bonds is 3. The molecule has 0 aliphatic heterocycles. The summed E-state index contributed by atoms with van der Waals surface area (Å²) >= 11 is 5.79. The van der Waals surface area contributed by atoms with E-state index in [9.17, 15) is 5.11 Å². The van der Waals surface area contributed by atoms with Gasteiger partial charge in [0.25, 0.3) is 0 Å². The van der Waals surface area contributed by atoms with E-state index in [2.05, 4.69) is 0 Å². The van der Waals surface area contributed by atoms with Gasteiger partial charge in [0.15, 0.2) is 0 Å². The van der Waals surface area contributed by atoms with Crippen molar-refractivity contribution in [2.75, 3.05) is 6.61 Å². The van der Waals surface area contributed by atoms with Crippen molar-refractivity contribution >= 4 is 11.6 Å². The molecule has 1 atom stereocenters. The Hall–Kier alpha value is -0.530. The van der Waals surface area contributed by atoms with Gasteiger partial charge in [-0.15, -0.1) is 0 Å². The van der Waals surface area contributed by atoms with Crippen molar-refractivity contribution in [1.29, 1.82) is 0 Å². The number of halogens is 1. The molecule has 0 radical (unpaired) electrons. The largest absolute Gasteiger partial charge is 0.396 e. The first kappa shape index (κ1) is 9.04. The van der Waals surface area contributed by atoms with Crippen LogP contribution in [0.5, 0.6) is 0 Å². The second-order valence-corrected chi connectivity index (χ2v) is 4.11. The minimum Gasteiger partial charge on any atom is -0.396 e. The van der Waals surface area contributed by atoms with E-state index < -0.39 is 0 Å². The maximum atomic E-state index is 9.23. The van der Waals surface area contributed by atoms with Crippen LogP contribution in [0.15, 0.2) is 24.3 Å². The van der Waals surface area contributed by atoms with Crippen LogP contribution in [-0.4, -0.2) is 11.7 Å². The van der Waals surface area contributed by atoms with Gasteiger partial charge in [-0.2, -0.15) is 0 Å². The predicted octanol–water partition coefficient (Wildman–Crippen LogP) is 2.83. The summed E-state index contributed by atoms with van der Waals surface area (Å²) in [7, 11) is 0. The minimum atomic E-state index is 0.256. The Balaban J connectivity index is 2.17. The van der Waals surface area contributed by atoms with E-state index in [1.54, 1.807) is 0 Å². The predicted molar refractivity (Wildman–Crippen MR) is 54.0 cm³/mol. The van der Waals surface area contributed by atoms with Crippen LogP contribution in [0.25, 0.3) is 0 Å². The third kappa shape index (κ3) is 2.04. The van der Waals surface area contributed by atoms with E-state index in [-0.39, 0.29) is 6.61 Å². The molecule has 2 heteroatoms. The van der Waals surface area contributed by atoms with Crippen LogP contribution in [-0.2, 0) is 0 Å². The van der Waals surface area contributed by atoms with Gasteiger partial charge in [0.05, 0.1) is 6.61 Å². The number of benzene rings is 1. The van der Waals surface area contributed by atoms with Gasteiger partial charge in [0, 0.05) is 10.9 Å². The zero-order chi connectivity index (χ0) is 9.26. The Labute approximate surface area is 83.3 Å². The first-order chi connectivity index (χ1) is 6.31. The van der Waals surface area contributed by atoms with Crippen LogP contribution in [0.3, 0.4) is 0 Å². The molecule has 0 bridgehead atoms. The maximum Gasteiger partial charge on any atom is 0.0502 e. The maximum absolute atomic E-state index is 9.23. The van der Waals surface area contributed by atoms with Gasteiger partial charge in [0.2, 0.25) is 0 Å². The molecule has 0 aromatic heterocycles. The average molecular weight is 197 g/mol. The fourth-order valence-corrected chi connectivity index (χ4v) is 1.86. The summed E-state index contributed by atoms with van der Waals surface area (Å²) in [5.41, 5.74) is 1.22. The number of aliphatic hydroxyl groups excluding tert-OH is 1. The molecule has 0 amide bonds. The Morgan fingerprint density at radius 1 is 1.31 bits per heavy atom. The fraction of sp³-hybridized carbons (Fsp3) is 0.455. The lowest BCUT2D eigenvalue weighted by Crippen LogP contribution is -2.05. The van der Waals surface area contributed by atoms with E-state index in [0.29, 0.717) is 11.8 Å². The molecule has 13 heavy (non-hydrogen) atoms. The molecular formula is C11H13ClO. The van der Waals surface area contributed by atoms with Gasteiger partial charge < -0.3 is 5.11 Å². The molecule has 1 aromatic rings. The highest BCUT2D eigenvalue weighted by molar-refractivity contribution is 6.30. The summed E-state index contributed by atoms with van der Waals surface area (Å²) in [4.78, 5) is 0. The molecule has 1 aliphatic rings. The molecule has 1 nitrogen and oxygen atoms in total. The van der Waals surface area contributed by atoms with Crippen LogP contribution in [0.1, 0.15) is 24.3 Å². The second-order valence-electron chi connectivity index (χ2n) is 3.68. The third-order valence-corrected chi connectivity index (χ3v) is 2.94. The first-order valence-corrected chi connectivity index (χ1v) is 5.05. The smallest absolute Gasteiger partial charge is 0.0502 e. The summed E-state index contributed by atoms with van der Waals surface area (Å²) < 4.78 is 0. The minimum absolute atomic E-state index is 0.256. The van der Waals surface area contributed by atoms with Crippen molar-refractivity contribution in [3.63, 3.8) is 0 Å². The highest BCUT2D eigenvalue weighted by Crippen LogP contribution is 2.42. The van der Waals surface area contributed by atoms with Crippen molar-refractivity contribution in [2.45, 2.75) is 18.8 Å². The number of hydrogen-bond acceptors (Lipinski definition) is 1. The lowest BCUT2D eigenvalue weighted by atomic mass is 9.95. The van der Waals surface area contributed by atoms with E-state index >= 15 is 0 Å². The standard InChI is InChI=1S/C11H13ClO/c12-10-5-3-9(4-6-10)11(7-13)8-1-2-8/h3-6,8,11,13H,1-2,7H2/t11-/m1/s1. The van der Waals surface area contributed by atoms with E-state index in [1.807, 2.05) is 24.3 Å².